The van der Waals surface area contributed by atoms with E-state index in [1.165, 1.54) is 19.3 Å². The summed E-state index contributed by atoms with van der Waals surface area (Å²) in [7, 11) is 0. The van der Waals surface area contributed by atoms with Crippen molar-refractivity contribution in [3.63, 3.8) is 0 Å². The lowest BCUT2D eigenvalue weighted by atomic mass is 9.92. The molecule has 1 atom stereocenters. The fraction of sp³-hybridized carbons (Fsp3) is 0.667. The van der Waals surface area contributed by atoms with Crippen LogP contribution in [0.3, 0.4) is 0 Å². The van der Waals surface area contributed by atoms with Crippen LogP contribution in [0.2, 0.25) is 0 Å². The van der Waals surface area contributed by atoms with E-state index in [9.17, 15) is 0 Å². The van der Waals surface area contributed by atoms with Gasteiger partial charge in [-0.25, -0.2) is 4.98 Å². The van der Waals surface area contributed by atoms with Crippen molar-refractivity contribution in [2.45, 2.75) is 59.1 Å². The highest BCUT2D eigenvalue weighted by molar-refractivity contribution is 5.50. The quantitative estimate of drug-likeness (QED) is 0.878. The van der Waals surface area contributed by atoms with Crippen molar-refractivity contribution in [3.05, 3.63) is 18.3 Å². The Balaban J connectivity index is 2.05. The van der Waals surface area contributed by atoms with Crippen LogP contribution >= 0.6 is 0 Å². The highest BCUT2D eigenvalue weighted by atomic mass is 16.5. The average Bonchev–Trinajstić information content (AvgIpc) is 2.60. The van der Waals surface area contributed by atoms with Crippen LogP contribution in [0.25, 0.3) is 0 Å². The summed E-state index contributed by atoms with van der Waals surface area (Å²) in [5.74, 6) is 1.74. The van der Waals surface area contributed by atoms with Gasteiger partial charge in [-0.1, -0.05) is 13.8 Å². The van der Waals surface area contributed by atoms with Crippen molar-refractivity contribution in [1.82, 2.24) is 4.98 Å². The zero-order chi connectivity index (χ0) is 13.2. The van der Waals surface area contributed by atoms with E-state index >= 15 is 0 Å². The van der Waals surface area contributed by atoms with Crippen LogP contribution in [0, 0.1) is 5.41 Å². The molecule has 1 unspecified atom stereocenters. The molecule has 1 aliphatic carbocycles. The van der Waals surface area contributed by atoms with Gasteiger partial charge in [0.25, 0.3) is 0 Å². The second-order valence-electron chi connectivity index (χ2n) is 6.27. The van der Waals surface area contributed by atoms with E-state index in [1.807, 2.05) is 32.2 Å². The van der Waals surface area contributed by atoms with Crippen LogP contribution in [0.5, 0.6) is 5.75 Å². The van der Waals surface area contributed by atoms with Gasteiger partial charge in [-0.2, -0.15) is 0 Å². The Hall–Kier alpha value is -1.25. The third kappa shape index (κ3) is 3.37. The standard InChI is InChI=1S/C15H24N2O/c1-11(2)18-13-6-5-9-16-14(13)17-12-7-8-15(3,4)10-12/h5-6,9,11-12H,7-8,10H2,1-4H3,(H,16,17). The maximum absolute atomic E-state index is 5.78. The van der Waals surface area contributed by atoms with Crippen molar-refractivity contribution in [2.24, 2.45) is 5.41 Å². The van der Waals surface area contributed by atoms with Gasteiger partial charge >= 0.3 is 0 Å². The Morgan fingerprint density at radius 1 is 1.44 bits per heavy atom. The fourth-order valence-corrected chi connectivity index (χ4v) is 2.60. The molecule has 0 radical (unpaired) electrons. The Morgan fingerprint density at radius 2 is 2.22 bits per heavy atom. The average molecular weight is 248 g/mol. The van der Waals surface area contributed by atoms with Crippen molar-refractivity contribution < 1.29 is 4.74 Å². The second kappa shape index (κ2) is 5.17. The van der Waals surface area contributed by atoms with E-state index in [0.717, 1.165) is 11.6 Å². The molecule has 100 valence electrons. The van der Waals surface area contributed by atoms with Crippen molar-refractivity contribution >= 4 is 5.82 Å². The summed E-state index contributed by atoms with van der Waals surface area (Å²) in [6.07, 6.45) is 5.68. The highest BCUT2D eigenvalue weighted by Crippen LogP contribution is 2.39. The van der Waals surface area contributed by atoms with E-state index in [0.29, 0.717) is 11.5 Å². The lowest BCUT2D eigenvalue weighted by Crippen LogP contribution is -2.19. The maximum Gasteiger partial charge on any atom is 0.168 e. The molecular formula is C15H24N2O. The maximum atomic E-state index is 5.78. The van der Waals surface area contributed by atoms with Gasteiger partial charge in [-0.05, 0) is 50.7 Å². The third-order valence-electron chi connectivity index (χ3n) is 3.44. The van der Waals surface area contributed by atoms with Crippen LogP contribution in [-0.4, -0.2) is 17.1 Å². The molecule has 1 heterocycles. The molecule has 0 amide bonds. The first kappa shape index (κ1) is 13.2. The van der Waals surface area contributed by atoms with Gasteiger partial charge in [0.05, 0.1) is 6.10 Å². The molecule has 18 heavy (non-hydrogen) atoms. The van der Waals surface area contributed by atoms with Crippen molar-refractivity contribution in [2.75, 3.05) is 5.32 Å². The van der Waals surface area contributed by atoms with E-state index < -0.39 is 0 Å². The molecule has 0 aromatic carbocycles. The monoisotopic (exact) mass is 248 g/mol. The minimum atomic E-state index is 0.176. The van der Waals surface area contributed by atoms with E-state index in [1.54, 1.807) is 0 Å². The van der Waals surface area contributed by atoms with Crippen molar-refractivity contribution in [1.29, 1.82) is 0 Å². The first-order valence-electron chi connectivity index (χ1n) is 6.84. The summed E-state index contributed by atoms with van der Waals surface area (Å²) in [6, 6.07) is 4.42. The summed E-state index contributed by atoms with van der Waals surface area (Å²) in [5, 5.41) is 3.53. The van der Waals surface area contributed by atoms with Crippen LogP contribution in [0.1, 0.15) is 47.0 Å². The predicted molar refractivity (Wildman–Crippen MR) is 75.0 cm³/mol. The first-order valence-corrected chi connectivity index (χ1v) is 6.84. The van der Waals surface area contributed by atoms with E-state index in [4.69, 9.17) is 4.74 Å². The Labute approximate surface area is 110 Å². The van der Waals surface area contributed by atoms with Gasteiger partial charge in [-0.15, -0.1) is 0 Å². The number of nitrogens with zero attached hydrogens (tertiary/aromatic N) is 1. The molecule has 1 saturated carbocycles. The highest BCUT2D eigenvalue weighted by Gasteiger charge is 2.31. The van der Waals surface area contributed by atoms with Crippen LogP contribution in [0.4, 0.5) is 5.82 Å². The van der Waals surface area contributed by atoms with Crippen molar-refractivity contribution in [3.8, 4) is 5.75 Å². The molecule has 0 bridgehead atoms. The third-order valence-corrected chi connectivity index (χ3v) is 3.44. The fourth-order valence-electron chi connectivity index (χ4n) is 2.60. The summed E-state index contributed by atoms with van der Waals surface area (Å²) in [5.41, 5.74) is 0.450. The number of nitrogens with one attached hydrogen (secondary N) is 1. The molecular weight excluding hydrogens is 224 g/mol. The summed E-state index contributed by atoms with van der Waals surface area (Å²) in [4.78, 5) is 4.41. The van der Waals surface area contributed by atoms with Gasteiger partial charge in [0, 0.05) is 12.2 Å². The SMILES string of the molecule is CC(C)Oc1cccnc1NC1CCC(C)(C)C1. The second-order valence-corrected chi connectivity index (χ2v) is 6.27. The number of rotatable bonds is 4. The van der Waals surface area contributed by atoms with Gasteiger partial charge < -0.3 is 10.1 Å². The molecule has 1 aromatic heterocycles. The normalized spacial score (nSPS) is 22.2. The Bertz CT molecular complexity index is 401. The van der Waals surface area contributed by atoms with Crippen LogP contribution < -0.4 is 10.1 Å². The summed E-state index contributed by atoms with van der Waals surface area (Å²) < 4.78 is 5.78. The minimum Gasteiger partial charge on any atom is -0.487 e. The lowest BCUT2D eigenvalue weighted by Gasteiger charge is -2.20. The smallest absolute Gasteiger partial charge is 0.168 e. The predicted octanol–water partition coefficient (Wildman–Crippen LogP) is 3.86. The number of ether oxygens (including phenoxy) is 1. The number of pyridine rings is 1. The minimum absolute atomic E-state index is 0.176. The molecule has 1 aromatic rings. The molecule has 2 rings (SSSR count). The number of aromatic nitrogens is 1. The zero-order valence-corrected chi connectivity index (χ0v) is 11.9. The number of anilines is 1. The lowest BCUT2D eigenvalue weighted by molar-refractivity contribution is 0.242. The Kier molecular flexibility index (Phi) is 3.79. The number of hydrogen-bond acceptors (Lipinski definition) is 3. The molecule has 1 fully saturated rings. The van der Waals surface area contributed by atoms with Gasteiger partial charge in [0.2, 0.25) is 0 Å². The molecule has 0 spiro atoms. The van der Waals surface area contributed by atoms with Gasteiger partial charge in [-0.3, -0.25) is 0 Å². The number of hydrogen-bond donors (Lipinski definition) is 1. The van der Waals surface area contributed by atoms with Crippen LogP contribution in [-0.2, 0) is 0 Å². The molecule has 3 heteroatoms. The van der Waals surface area contributed by atoms with E-state index in [2.05, 4.69) is 24.1 Å². The molecule has 0 saturated heterocycles. The molecule has 1 N–H and O–H groups in total. The molecule has 0 aliphatic heterocycles. The van der Waals surface area contributed by atoms with Gasteiger partial charge in [0.1, 0.15) is 0 Å². The molecule has 3 nitrogen and oxygen atoms in total. The topological polar surface area (TPSA) is 34.1 Å². The Morgan fingerprint density at radius 3 is 2.83 bits per heavy atom. The largest absolute Gasteiger partial charge is 0.487 e. The van der Waals surface area contributed by atoms with Crippen LogP contribution in [0.15, 0.2) is 18.3 Å². The van der Waals surface area contributed by atoms with Gasteiger partial charge in [0.15, 0.2) is 11.6 Å². The molecule has 1 aliphatic rings. The first-order chi connectivity index (χ1) is 8.46. The zero-order valence-electron chi connectivity index (χ0n) is 11.9. The van der Waals surface area contributed by atoms with E-state index in [-0.39, 0.29) is 6.10 Å². The summed E-state index contributed by atoms with van der Waals surface area (Å²) >= 11 is 0. The summed E-state index contributed by atoms with van der Waals surface area (Å²) in [6.45, 7) is 8.74.